The highest BCUT2D eigenvalue weighted by atomic mass is 19.4. The van der Waals surface area contributed by atoms with Crippen LogP contribution in [0.15, 0.2) is 22.7 Å². The number of benzene rings is 1. The van der Waals surface area contributed by atoms with Crippen molar-refractivity contribution in [2.24, 2.45) is 0 Å². The standard InChI is InChI=1S/C19H24F3NO3/c1-11-16(12(2)26-23-11)13-7-8-15(25-6)14(9-13)17(3,4)10-18(5,24)19(20,21)22/h7-9,24H,10H2,1-6H3. The van der Waals surface area contributed by atoms with Crippen molar-refractivity contribution in [3.05, 3.63) is 35.2 Å². The molecule has 1 atom stereocenters. The first kappa shape index (κ1) is 20.3. The van der Waals surface area contributed by atoms with Crippen LogP contribution in [0.25, 0.3) is 11.1 Å². The Bertz CT molecular complexity index is 772. The average molecular weight is 371 g/mol. The lowest BCUT2D eigenvalue weighted by molar-refractivity contribution is -0.259. The first-order chi connectivity index (χ1) is 11.8. The van der Waals surface area contributed by atoms with Crippen LogP contribution in [0.2, 0.25) is 0 Å². The third-order valence-electron chi connectivity index (χ3n) is 4.65. The summed E-state index contributed by atoms with van der Waals surface area (Å²) in [6.07, 6.45) is -5.23. The van der Waals surface area contributed by atoms with Crippen molar-refractivity contribution in [3.8, 4) is 16.9 Å². The van der Waals surface area contributed by atoms with Crippen LogP contribution < -0.4 is 4.74 Å². The molecule has 0 aliphatic carbocycles. The number of ether oxygens (including phenoxy) is 1. The van der Waals surface area contributed by atoms with E-state index >= 15 is 0 Å². The second kappa shape index (κ2) is 6.61. The van der Waals surface area contributed by atoms with Crippen LogP contribution in [0.4, 0.5) is 13.2 Å². The lowest BCUT2D eigenvalue weighted by atomic mass is 9.74. The molecule has 0 saturated heterocycles. The number of aryl methyl sites for hydroxylation is 2. The smallest absolute Gasteiger partial charge is 0.416 e. The van der Waals surface area contributed by atoms with Crippen LogP contribution in [0.5, 0.6) is 5.75 Å². The highest BCUT2D eigenvalue weighted by Gasteiger charge is 2.52. The largest absolute Gasteiger partial charge is 0.496 e. The maximum Gasteiger partial charge on any atom is 0.416 e. The second-order valence-corrected chi connectivity index (χ2v) is 7.45. The van der Waals surface area contributed by atoms with Crippen molar-refractivity contribution in [1.29, 1.82) is 0 Å². The van der Waals surface area contributed by atoms with E-state index in [0.29, 0.717) is 22.8 Å². The molecule has 144 valence electrons. The predicted octanol–water partition coefficient (Wildman–Crippen LogP) is 4.95. The summed E-state index contributed by atoms with van der Waals surface area (Å²) in [5.41, 5.74) is -0.982. The molecule has 1 N–H and O–H groups in total. The molecule has 1 aromatic carbocycles. The van der Waals surface area contributed by atoms with Gasteiger partial charge >= 0.3 is 6.18 Å². The normalized spacial score (nSPS) is 15.0. The lowest BCUT2D eigenvalue weighted by Crippen LogP contribution is -2.46. The van der Waals surface area contributed by atoms with Gasteiger partial charge in [-0.2, -0.15) is 13.2 Å². The van der Waals surface area contributed by atoms with E-state index in [9.17, 15) is 18.3 Å². The van der Waals surface area contributed by atoms with Gasteiger partial charge < -0.3 is 14.4 Å². The molecule has 2 aromatic rings. The van der Waals surface area contributed by atoms with Gasteiger partial charge in [-0.25, -0.2) is 0 Å². The summed E-state index contributed by atoms with van der Waals surface area (Å²) in [4.78, 5) is 0. The van der Waals surface area contributed by atoms with Crippen molar-refractivity contribution in [2.75, 3.05) is 7.11 Å². The zero-order valence-corrected chi connectivity index (χ0v) is 15.8. The van der Waals surface area contributed by atoms with Gasteiger partial charge in [-0.15, -0.1) is 0 Å². The van der Waals surface area contributed by atoms with Crippen molar-refractivity contribution in [2.45, 2.75) is 58.2 Å². The molecular weight excluding hydrogens is 347 g/mol. The molecule has 0 radical (unpaired) electrons. The van der Waals surface area contributed by atoms with Crippen LogP contribution in [-0.2, 0) is 5.41 Å². The topological polar surface area (TPSA) is 55.5 Å². The Morgan fingerprint density at radius 2 is 1.77 bits per heavy atom. The molecule has 7 heteroatoms. The minimum atomic E-state index is -4.73. The fraction of sp³-hybridized carbons (Fsp3) is 0.526. The Kier molecular flexibility index (Phi) is 5.16. The number of alkyl halides is 3. The number of hydrogen-bond acceptors (Lipinski definition) is 4. The highest BCUT2D eigenvalue weighted by Crippen LogP contribution is 2.44. The molecule has 1 aromatic heterocycles. The number of nitrogens with zero attached hydrogens (tertiary/aromatic N) is 1. The van der Waals surface area contributed by atoms with Crippen molar-refractivity contribution in [3.63, 3.8) is 0 Å². The monoisotopic (exact) mass is 371 g/mol. The first-order valence-electron chi connectivity index (χ1n) is 8.21. The minimum Gasteiger partial charge on any atom is -0.496 e. The van der Waals surface area contributed by atoms with Gasteiger partial charge in [-0.3, -0.25) is 0 Å². The number of rotatable bonds is 5. The molecule has 1 heterocycles. The summed E-state index contributed by atoms with van der Waals surface area (Å²) in [7, 11) is 1.46. The summed E-state index contributed by atoms with van der Waals surface area (Å²) in [5.74, 6) is 1.09. The number of halogens is 3. The summed E-state index contributed by atoms with van der Waals surface area (Å²) < 4.78 is 50.1. The van der Waals surface area contributed by atoms with Gasteiger partial charge in [-0.05, 0) is 50.3 Å². The molecule has 0 aliphatic heterocycles. The molecule has 0 bridgehead atoms. The average Bonchev–Trinajstić information content (AvgIpc) is 2.83. The molecule has 1 unspecified atom stereocenters. The SMILES string of the molecule is COc1ccc(-c2c(C)noc2C)cc1C(C)(C)CC(C)(O)C(F)(F)F. The Morgan fingerprint density at radius 3 is 2.23 bits per heavy atom. The zero-order valence-electron chi connectivity index (χ0n) is 15.8. The predicted molar refractivity (Wildman–Crippen MR) is 92.3 cm³/mol. The lowest BCUT2D eigenvalue weighted by Gasteiger charge is -2.36. The number of methoxy groups -OCH3 is 1. The minimum absolute atomic E-state index is 0.462. The Hall–Kier alpha value is -2.02. The Balaban J connectivity index is 2.55. The molecule has 0 saturated carbocycles. The molecule has 26 heavy (non-hydrogen) atoms. The van der Waals surface area contributed by atoms with E-state index in [1.807, 2.05) is 6.07 Å². The summed E-state index contributed by atoms with van der Waals surface area (Å²) in [5, 5.41) is 13.9. The van der Waals surface area contributed by atoms with E-state index in [0.717, 1.165) is 18.1 Å². The van der Waals surface area contributed by atoms with Gasteiger partial charge in [0.05, 0.1) is 12.8 Å². The van der Waals surface area contributed by atoms with Gasteiger partial charge in [0.25, 0.3) is 0 Å². The van der Waals surface area contributed by atoms with Gasteiger partial charge in [-0.1, -0.05) is 25.1 Å². The van der Waals surface area contributed by atoms with Crippen LogP contribution in [-0.4, -0.2) is 29.2 Å². The molecule has 0 amide bonds. The maximum atomic E-state index is 13.2. The quantitative estimate of drug-likeness (QED) is 0.808. The van der Waals surface area contributed by atoms with Crippen molar-refractivity contribution in [1.82, 2.24) is 5.16 Å². The van der Waals surface area contributed by atoms with Gasteiger partial charge in [0, 0.05) is 11.1 Å². The van der Waals surface area contributed by atoms with Gasteiger partial charge in [0.15, 0.2) is 5.60 Å². The number of aromatic nitrogens is 1. The van der Waals surface area contributed by atoms with E-state index in [1.54, 1.807) is 39.8 Å². The molecule has 0 aliphatic rings. The second-order valence-electron chi connectivity index (χ2n) is 7.45. The summed E-state index contributed by atoms with van der Waals surface area (Å²) >= 11 is 0. The van der Waals surface area contributed by atoms with Crippen LogP contribution >= 0.6 is 0 Å². The third kappa shape index (κ3) is 3.72. The maximum absolute atomic E-state index is 13.2. The molecule has 2 rings (SSSR count). The van der Waals surface area contributed by atoms with E-state index < -0.39 is 23.6 Å². The number of aliphatic hydroxyl groups is 1. The first-order valence-corrected chi connectivity index (χ1v) is 8.21. The number of hydrogen-bond donors (Lipinski definition) is 1. The summed E-state index contributed by atoms with van der Waals surface area (Å²) in [6, 6.07) is 5.30. The van der Waals surface area contributed by atoms with E-state index in [-0.39, 0.29) is 0 Å². The highest BCUT2D eigenvalue weighted by molar-refractivity contribution is 5.70. The third-order valence-corrected chi connectivity index (χ3v) is 4.65. The van der Waals surface area contributed by atoms with Crippen LogP contribution in [0.3, 0.4) is 0 Å². The van der Waals surface area contributed by atoms with Crippen molar-refractivity contribution >= 4 is 0 Å². The Morgan fingerprint density at radius 1 is 1.15 bits per heavy atom. The van der Waals surface area contributed by atoms with E-state index in [4.69, 9.17) is 9.26 Å². The Labute approximate surface area is 151 Å². The van der Waals surface area contributed by atoms with E-state index in [2.05, 4.69) is 5.16 Å². The molecule has 4 nitrogen and oxygen atoms in total. The fourth-order valence-corrected chi connectivity index (χ4v) is 3.34. The zero-order chi connectivity index (χ0) is 19.9. The summed E-state index contributed by atoms with van der Waals surface area (Å²) in [6.45, 7) is 7.68. The molecule has 0 fully saturated rings. The van der Waals surface area contributed by atoms with Crippen LogP contribution in [0, 0.1) is 13.8 Å². The van der Waals surface area contributed by atoms with Crippen LogP contribution in [0.1, 0.15) is 44.2 Å². The fourth-order valence-electron chi connectivity index (χ4n) is 3.34. The molecular formula is C19H24F3NO3. The van der Waals surface area contributed by atoms with Gasteiger partial charge in [0.1, 0.15) is 11.5 Å². The van der Waals surface area contributed by atoms with Gasteiger partial charge in [0.2, 0.25) is 0 Å². The van der Waals surface area contributed by atoms with Crippen molar-refractivity contribution < 1.29 is 27.5 Å². The molecule has 0 spiro atoms. The van der Waals surface area contributed by atoms with E-state index in [1.165, 1.54) is 7.11 Å².